The lowest BCUT2D eigenvalue weighted by molar-refractivity contribution is 0.571. The van der Waals surface area contributed by atoms with Gasteiger partial charge in [-0.15, -0.1) is 11.8 Å². The summed E-state index contributed by atoms with van der Waals surface area (Å²) in [5, 5.41) is 7.83. The summed E-state index contributed by atoms with van der Waals surface area (Å²) in [7, 11) is 2.00. The molecule has 0 saturated carbocycles. The van der Waals surface area contributed by atoms with Crippen molar-refractivity contribution < 1.29 is 0 Å². The number of aromatic nitrogens is 2. The molecule has 1 aromatic carbocycles. The predicted octanol–water partition coefficient (Wildman–Crippen LogP) is 2.40. The number of thioether (sulfide) groups is 1. The summed E-state index contributed by atoms with van der Waals surface area (Å²) in [6.45, 7) is 0.999. The van der Waals surface area contributed by atoms with Gasteiger partial charge in [-0.2, -0.15) is 5.10 Å². The number of nitrogens with one attached hydrogen (secondary N) is 1. The van der Waals surface area contributed by atoms with Crippen LogP contribution >= 0.6 is 11.8 Å². The van der Waals surface area contributed by atoms with Crippen LogP contribution in [0.5, 0.6) is 0 Å². The van der Waals surface area contributed by atoms with Gasteiger partial charge in [0.05, 0.1) is 0 Å². The highest BCUT2D eigenvalue weighted by atomic mass is 32.2. The number of benzene rings is 1. The highest BCUT2D eigenvalue weighted by molar-refractivity contribution is 7.99. The minimum Gasteiger partial charge on any atom is -0.309 e. The number of aryl methyl sites for hydroxylation is 1. The molecule has 1 aromatic heterocycles. The monoisotopic (exact) mass is 259 g/mol. The van der Waals surface area contributed by atoms with Crippen LogP contribution in [0.2, 0.25) is 0 Å². The first-order valence-corrected chi connectivity index (χ1v) is 7.25. The van der Waals surface area contributed by atoms with Gasteiger partial charge in [0.25, 0.3) is 0 Å². The molecule has 1 atom stereocenters. The van der Waals surface area contributed by atoms with Gasteiger partial charge in [0.1, 0.15) is 0 Å². The molecule has 1 unspecified atom stereocenters. The zero-order valence-corrected chi connectivity index (χ0v) is 11.3. The Kier molecular flexibility index (Phi) is 3.39. The first-order chi connectivity index (χ1) is 8.84. The van der Waals surface area contributed by atoms with E-state index in [1.54, 1.807) is 0 Å². The second-order valence-corrected chi connectivity index (χ2v) is 5.61. The fourth-order valence-corrected chi connectivity index (χ4v) is 3.55. The number of nitrogens with zero attached hydrogens (tertiary/aromatic N) is 2. The highest BCUT2D eigenvalue weighted by Crippen LogP contribution is 2.37. The molecule has 0 amide bonds. The number of hydrogen-bond acceptors (Lipinski definition) is 3. The predicted molar refractivity (Wildman–Crippen MR) is 74.8 cm³/mol. The van der Waals surface area contributed by atoms with Crippen molar-refractivity contribution >= 4 is 11.8 Å². The van der Waals surface area contributed by atoms with Crippen molar-refractivity contribution in [1.82, 2.24) is 15.1 Å². The van der Waals surface area contributed by atoms with Crippen LogP contribution in [-0.4, -0.2) is 22.1 Å². The molecule has 0 bridgehead atoms. The van der Waals surface area contributed by atoms with E-state index in [2.05, 4.69) is 40.7 Å². The molecule has 0 fully saturated rings. The summed E-state index contributed by atoms with van der Waals surface area (Å²) < 4.78 is 1.94. The van der Waals surface area contributed by atoms with Gasteiger partial charge in [-0.1, -0.05) is 18.2 Å². The van der Waals surface area contributed by atoms with E-state index < -0.39 is 0 Å². The molecule has 1 aliphatic rings. The molecule has 2 heterocycles. The van der Waals surface area contributed by atoms with Gasteiger partial charge in [-0.3, -0.25) is 4.68 Å². The largest absolute Gasteiger partial charge is 0.309 e. The van der Waals surface area contributed by atoms with Crippen LogP contribution in [0.15, 0.2) is 41.4 Å². The highest BCUT2D eigenvalue weighted by Gasteiger charge is 2.21. The zero-order valence-electron chi connectivity index (χ0n) is 10.5. The Bertz CT molecular complexity index is 535. The van der Waals surface area contributed by atoms with Gasteiger partial charge in [0, 0.05) is 48.6 Å². The Morgan fingerprint density at radius 2 is 2.28 bits per heavy atom. The lowest BCUT2D eigenvalue weighted by Gasteiger charge is -2.13. The van der Waals surface area contributed by atoms with Crippen LogP contribution in [0.25, 0.3) is 0 Å². The first kappa shape index (κ1) is 11.8. The third kappa shape index (κ3) is 2.31. The summed E-state index contributed by atoms with van der Waals surface area (Å²) in [6.07, 6.45) is 2.88. The van der Waals surface area contributed by atoms with Crippen LogP contribution in [0.4, 0.5) is 0 Å². The molecule has 0 aliphatic carbocycles. The molecule has 18 heavy (non-hydrogen) atoms. The van der Waals surface area contributed by atoms with E-state index in [0.717, 1.165) is 18.7 Å². The van der Waals surface area contributed by atoms with Crippen molar-refractivity contribution in [3.05, 3.63) is 47.8 Å². The number of hydrogen-bond donors (Lipinski definition) is 1. The first-order valence-electron chi connectivity index (χ1n) is 6.26. The third-order valence-electron chi connectivity index (χ3n) is 3.39. The smallest absolute Gasteiger partial charge is 0.0492 e. The van der Waals surface area contributed by atoms with Crippen molar-refractivity contribution in [2.75, 3.05) is 12.3 Å². The summed E-state index contributed by atoms with van der Waals surface area (Å²) in [5.41, 5.74) is 2.73. The fourth-order valence-electron chi connectivity index (χ4n) is 2.35. The van der Waals surface area contributed by atoms with Crippen LogP contribution in [0.1, 0.15) is 17.3 Å². The Hall–Kier alpha value is -1.26. The summed E-state index contributed by atoms with van der Waals surface area (Å²) in [5.74, 6) is 1.14. The van der Waals surface area contributed by atoms with E-state index in [4.69, 9.17) is 0 Å². The van der Waals surface area contributed by atoms with Crippen molar-refractivity contribution in [2.24, 2.45) is 7.05 Å². The van der Waals surface area contributed by atoms with Gasteiger partial charge >= 0.3 is 0 Å². The summed E-state index contributed by atoms with van der Waals surface area (Å²) in [6, 6.07) is 11.3. The van der Waals surface area contributed by atoms with Gasteiger partial charge < -0.3 is 5.32 Å². The van der Waals surface area contributed by atoms with Crippen molar-refractivity contribution in [3.63, 3.8) is 0 Å². The molecule has 94 valence electrons. The molecule has 3 rings (SSSR count). The Balaban J connectivity index is 1.58. The van der Waals surface area contributed by atoms with Crippen LogP contribution in [0.3, 0.4) is 0 Å². The van der Waals surface area contributed by atoms with E-state index in [-0.39, 0.29) is 0 Å². The average Bonchev–Trinajstić information content (AvgIpc) is 2.97. The topological polar surface area (TPSA) is 29.9 Å². The number of rotatable bonds is 4. The minimum absolute atomic E-state index is 0.499. The maximum Gasteiger partial charge on any atom is 0.0492 e. The molecule has 1 aliphatic heterocycles. The Labute approximate surface area is 112 Å². The second-order valence-electron chi connectivity index (χ2n) is 4.55. The average molecular weight is 259 g/mol. The third-order valence-corrected chi connectivity index (χ3v) is 4.58. The molecule has 3 nitrogen and oxygen atoms in total. The van der Waals surface area contributed by atoms with E-state index in [9.17, 15) is 0 Å². The van der Waals surface area contributed by atoms with Gasteiger partial charge in [0.2, 0.25) is 0 Å². The van der Waals surface area contributed by atoms with Gasteiger partial charge in [-0.05, 0) is 17.7 Å². The van der Waals surface area contributed by atoms with Crippen molar-refractivity contribution in [3.8, 4) is 0 Å². The lowest BCUT2D eigenvalue weighted by Crippen LogP contribution is -2.24. The summed E-state index contributed by atoms with van der Waals surface area (Å²) in [4.78, 5) is 1.43. The molecular weight excluding hydrogens is 242 g/mol. The lowest BCUT2D eigenvalue weighted by atomic mass is 10.1. The van der Waals surface area contributed by atoms with Crippen LogP contribution in [0, 0.1) is 0 Å². The molecule has 0 radical (unpaired) electrons. The minimum atomic E-state index is 0.499. The Morgan fingerprint density at radius 3 is 3.11 bits per heavy atom. The van der Waals surface area contributed by atoms with Crippen molar-refractivity contribution in [2.45, 2.75) is 17.4 Å². The maximum atomic E-state index is 4.19. The van der Waals surface area contributed by atoms with Gasteiger partial charge in [-0.25, -0.2) is 0 Å². The quantitative estimate of drug-likeness (QED) is 0.914. The zero-order chi connectivity index (χ0) is 12.4. The van der Waals surface area contributed by atoms with E-state index >= 15 is 0 Å². The normalized spacial score (nSPS) is 17.9. The molecule has 0 saturated heterocycles. The SMILES string of the molecule is Cn1nccc1CCNC1CSc2ccccc21. The van der Waals surface area contributed by atoms with Crippen LogP contribution < -0.4 is 5.32 Å². The van der Waals surface area contributed by atoms with E-state index in [0.29, 0.717) is 6.04 Å². The van der Waals surface area contributed by atoms with E-state index in [1.165, 1.54) is 16.2 Å². The van der Waals surface area contributed by atoms with E-state index in [1.807, 2.05) is 29.7 Å². The fraction of sp³-hybridized carbons (Fsp3) is 0.357. The van der Waals surface area contributed by atoms with Gasteiger partial charge in [0.15, 0.2) is 0 Å². The summed E-state index contributed by atoms with van der Waals surface area (Å²) >= 11 is 1.95. The molecule has 2 aromatic rings. The molecule has 1 N–H and O–H groups in total. The standard InChI is InChI=1S/C14H17N3S/c1-17-11(7-9-16-17)6-8-15-13-10-18-14-5-3-2-4-12(13)14/h2-5,7,9,13,15H,6,8,10H2,1H3. The van der Waals surface area contributed by atoms with Crippen LogP contribution in [-0.2, 0) is 13.5 Å². The molecule has 0 spiro atoms. The maximum absolute atomic E-state index is 4.19. The molecular formula is C14H17N3S. The Morgan fingerprint density at radius 1 is 1.39 bits per heavy atom. The van der Waals surface area contributed by atoms with Crippen molar-refractivity contribution in [1.29, 1.82) is 0 Å². The second kappa shape index (κ2) is 5.16. The number of fused-ring (bicyclic) bond motifs is 1. The molecule has 4 heteroatoms.